The molecule has 1 aromatic carbocycles. The fourth-order valence-corrected chi connectivity index (χ4v) is 3.33. The molecular weight excluding hydrogens is 248 g/mol. The van der Waals surface area contributed by atoms with Crippen LogP contribution in [0.1, 0.15) is 37.8 Å². The zero-order valence-corrected chi connectivity index (χ0v) is 12.5. The van der Waals surface area contributed by atoms with Gasteiger partial charge in [0.2, 0.25) is 5.95 Å². The molecule has 0 saturated carbocycles. The van der Waals surface area contributed by atoms with Crippen molar-refractivity contribution in [2.45, 2.75) is 39.2 Å². The summed E-state index contributed by atoms with van der Waals surface area (Å²) in [6.45, 7) is 7.90. The summed E-state index contributed by atoms with van der Waals surface area (Å²) in [5.74, 6) is 0.666. The number of nitrogen functional groups attached to an aromatic ring is 1. The van der Waals surface area contributed by atoms with Gasteiger partial charge in [0, 0.05) is 19.1 Å². The number of imidazole rings is 1. The topological polar surface area (TPSA) is 47.1 Å². The lowest BCUT2D eigenvalue weighted by molar-refractivity contribution is 0.189. The number of anilines is 1. The summed E-state index contributed by atoms with van der Waals surface area (Å²) in [4.78, 5) is 7.08. The van der Waals surface area contributed by atoms with Crippen LogP contribution in [0, 0.1) is 6.92 Å². The second-order valence-corrected chi connectivity index (χ2v) is 5.90. The molecule has 0 radical (unpaired) electrons. The molecule has 1 fully saturated rings. The van der Waals surface area contributed by atoms with Gasteiger partial charge in [-0.15, -0.1) is 0 Å². The molecule has 0 spiro atoms. The fourth-order valence-electron chi connectivity index (χ4n) is 3.33. The van der Waals surface area contributed by atoms with Crippen molar-refractivity contribution in [3.63, 3.8) is 0 Å². The fraction of sp³-hybridized carbons (Fsp3) is 0.562. The van der Waals surface area contributed by atoms with Gasteiger partial charge in [-0.05, 0) is 50.4 Å². The van der Waals surface area contributed by atoms with Crippen LogP contribution in [0.2, 0.25) is 0 Å². The van der Waals surface area contributed by atoms with Crippen LogP contribution in [0.3, 0.4) is 0 Å². The monoisotopic (exact) mass is 272 g/mol. The number of aromatic nitrogens is 2. The quantitative estimate of drug-likeness (QED) is 0.934. The number of hydrogen-bond donors (Lipinski definition) is 1. The van der Waals surface area contributed by atoms with Gasteiger partial charge in [-0.25, -0.2) is 4.98 Å². The van der Waals surface area contributed by atoms with E-state index in [0.717, 1.165) is 5.52 Å². The highest BCUT2D eigenvalue weighted by Gasteiger charge is 2.23. The molecule has 1 aliphatic rings. The molecule has 0 unspecified atom stereocenters. The lowest BCUT2D eigenvalue weighted by Gasteiger charge is -2.33. The molecule has 4 nitrogen and oxygen atoms in total. The van der Waals surface area contributed by atoms with E-state index < -0.39 is 0 Å². The van der Waals surface area contributed by atoms with Crippen molar-refractivity contribution in [3.05, 3.63) is 23.8 Å². The number of hydrogen-bond acceptors (Lipinski definition) is 3. The van der Waals surface area contributed by atoms with Crippen molar-refractivity contribution < 1.29 is 0 Å². The highest BCUT2D eigenvalue weighted by Crippen LogP contribution is 2.30. The highest BCUT2D eigenvalue weighted by molar-refractivity contribution is 5.79. The Morgan fingerprint density at radius 1 is 1.30 bits per heavy atom. The van der Waals surface area contributed by atoms with E-state index in [1.165, 1.54) is 50.0 Å². The number of fused-ring (bicyclic) bond motifs is 1. The van der Waals surface area contributed by atoms with Gasteiger partial charge in [-0.3, -0.25) is 0 Å². The number of nitrogens with zero attached hydrogens (tertiary/aromatic N) is 3. The maximum atomic E-state index is 6.17. The standard InChI is InChI=1S/C16H24N4/c1-3-8-19-9-6-13(7-10-19)20-15-5-4-12(2)11-14(15)18-16(20)17/h4-5,11,13H,3,6-10H2,1-2H3,(H2,17,18). The smallest absolute Gasteiger partial charge is 0.201 e. The summed E-state index contributed by atoms with van der Waals surface area (Å²) < 4.78 is 2.25. The summed E-state index contributed by atoms with van der Waals surface area (Å²) in [6, 6.07) is 6.92. The molecule has 3 rings (SSSR count). The SMILES string of the molecule is CCCN1CCC(n2c(N)nc3cc(C)ccc32)CC1. The number of aryl methyl sites for hydroxylation is 1. The lowest BCUT2D eigenvalue weighted by Crippen LogP contribution is -2.35. The van der Waals surface area contributed by atoms with Crippen LogP contribution in [0.4, 0.5) is 5.95 Å². The molecule has 1 saturated heterocycles. The van der Waals surface area contributed by atoms with E-state index >= 15 is 0 Å². The Hall–Kier alpha value is -1.55. The van der Waals surface area contributed by atoms with E-state index in [-0.39, 0.29) is 0 Å². The van der Waals surface area contributed by atoms with Crippen molar-refractivity contribution >= 4 is 17.0 Å². The molecule has 4 heteroatoms. The van der Waals surface area contributed by atoms with E-state index in [2.05, 4.69) is 46.5 Å². The first-order valence-electron chi connectivity index (χ1n) is 7.65. The van der Waals surface area contributed by atoms with Crippen LogP contribution in [-0.4, -0.2) is 34.1 Å². The molecule has 1 aromatic heterocycles. The summed E-state index contributed by atoms with van der Waals surface area (Å²) in [5, 5.41) is 0. The molecule has 2 heterocycles. The van der Waals surface area contributed by atoms with Crippen LogP contribution in [0.5, 0.6) is 0 Å². The van der Waals surface area contributed by atoms with E-state index in [1.54, 1.807) is 0 Å². The zero-order chi connectivity index (χ0) is 14.1. The third-order valence-corrected chi connectivity index (χ3v) is 4.33. The molecule has 1 aliphatic heterocycles. The van der Waals surface area contributed by atoms with Gasteiger partial charge in [0.25, 0.3) is 0 Å². The van der Waals surface area contributed by atoms with Gasteiger partial charge in [-0.1, -0.05) is 13.0 Å². The number of benzene rings is 1. The first-order valence-corrected chi connectivity index (χ1v) is 7.65. The maximum absolute atomic E-state index is 6.17. The average molecular weight is 272 g/mol. The third-order valence-electron chi connectivity index (χ3n) is 4.33. The number of likely N-dealkylation sites (tertiary alicyclic amines) is 1. The predicted molar refractivity (Wildman–Crippen MR) is 83.9 cm³/mol. The minimum atomic E-state index is 0.496. The van der Waals surface area contributed by atoms with Crippen molar-refractivity contribution in [1.82, 2.24) is 14.5 Å². The van der Waals surface area contributed by atoms with Gasteiger partial charge in [-0.2, -0.15) is 0 Å². The van der Waals surface area contributed by atoms with Crippen molar-refractivity contribution in [1.29, 1.82) is 0 Å². The van der Waals surface area contributed by atoms with Gasteiger partial charge < -0.3 is 15.2 Å². The van der Waals surface area contributed by atoms with E-state index in [0.29, 0.717) is 12.0 Å². The molecule has 108 valence electrons. The minimum absolute atomic E-state index is 0.496. The van der Waals surface area contributed by atoms with E-state index in [9.17, 15) is 0 Å². The summed E-state index contributed by atoms with van der Waals surface area (Å²) in [6.07, 6.45) is 3.58. The Morgan fingerprint density at radius 2 is 2.05 bits per heavy atom. The van der Waals surface area contributed by atoms with Crippen LogP contribution in [0.15, 0.2) is 18.2 Å². The summed E-state index contributed by atoms with van der Waals surface area (Å²) >= 11 is 0. The third kappa shape index (κ3) is 2.40. The molecule has 0 bridgehead atoms. The van der Waals surface area contributed by atoms with Crippen LogP contribution in [-0.2, 0) is 0 Å². The van der Waals surface area contributed by atoms with Gasteiger partial charge in [0.1, 0.15) is 0 Å². The zero-order valence-electron chi connectivity index (χ0n) is 12.5. The van der Waals surface area contributed by atoms with Crippen LogP contribution >= 0.6 is 0 Å². The Balaban J connectivity index is 1.86. The molecule has 20 heavy (non-hydrogen) atoms. The van der Waals surface area contributed by atoms with E-state index in [1.807, 2.05) is 0 Å². The molecule has 0 aliphatic carbocycles. The molecule has 2 N–H and O–H groups in total. The molecule has 0 amide bonds. The molecular formula is C16H24N4. The minimum Gasteiger partial charge on any atom is -0.369 e. The van der Waals surface area contributed by atoms with Gasteiger partial charge in [0.05, 0.1) is 11.0 Å². The Morgan fingerprint density at radius 3 is 2.75 bits per heavy atom. The van der Waals surface area contributed by atoms with Crippen molar-refractivity contribution in [3.8, 4) is 0 Å². The van der Waals surface area contributed by atoms with Crippen LogP contribution < -0.4 is 5.73 Å². The first kappa shape index (κ1) is 13.4. The average Bonchev–Trinajstić information content (AvgIpc) is 2.75. The van der Waals surface area contributed by atoms with Gasteiger partial charge >= 0.3 is 0 Å². The maximum Gasteiger partial charge on any atom is 0.201 e. The second kappa shape index (κ2) is 5.44. The molecule has 0 atom stereocenters. The Bertz CT molecular complexity index is 594. The number of rotatable bonds is 3. The highest BCUT2D eigenvalue weighted by atomic mass is 15.2. The summed E-state index contributed by atoms with van der Waals surface area (Å²) in [7, 11) is 0. The van der Waals surface area contributed by atoms with E-state index in [4.69, 9.17) is 5.73 Å². The summed E-state index contributed by atoms with van der Waals surface area (Å²) in [5.41, 5.74) is 9.61. The van der Waals surface area contributed by atoms with Crippen LogP contribution in [0.25, 0.3) is 11.0 Å². The predicted octanol–water partition coefficient (Wildman–Crippen LogP) is 2.97. The van der Waals surface area contributed by atoms with Crippen molar-refractivity contribution in [2.75, 3.05) is 25.4 Å². The number of nitrogens with two attached hydrogens (primary N) is 1. The molecule has 2 aromatic rings. The second-order valence-electron chi connectivity index (χ2n) is 5.90. The first-order chi connectivity index (χ1) is 9.69. The van der Waals surface area contributed by atoms with Crippen molar-refractivity contribution in [2.24, 2.45) is 0 Å². The normalized spacial score (nSPS) is 17.9. The number of piperidine rings is 1. The van der Waals surface area contributed by atoms with Gasteiger partial charge in [0.15, 0.2) is 0 Å². The Labute approximate surface area is 120 Å². The largest absolute Gasteiger partial charge is 0.369 e. The lowest BCUT2D eigenvalue weighted by atomic mass is 10.0. The Kier molecular flexibility index (Phi) is 3.66.